The third-order valence-corrected chi connectivity index (χ3v) is 5.36. The largest absolute Gasteiger partial charge is 0.385 e. The van der Waals surface area contributed by atoms with Gasteiger partial charge in [0.2, 0.25) is 0 Å². The Morgan fingerprint density at radius 2 is 2.30 bits per heavy atom. The molecule has 2 aromatic rings. The van der Waals surface area contributed by atoms with E-state index in [2.05, 4.69) is 20.6 Å². The summed E-state index contributed by atoms with van der Waals surface area (Å²) >= 11 is 0. The molecule has 3 aliphatic rings. The van der Waals surface area contributed by atoms with E-state index in [4.69, 9.17) is 4.74 Å². The first-order chi connectivity index (χ1) is 14.5. The van der Waals surface area contributed by atoms with E-state index in [0.29, 0.717) is 49.1 Å². The van der Waals surface area contributed by atoms with Crippen molar-refractivity contribution in [2.45, 2.75) is 24.5 Å². The van der Waals surface area contributed by atoms with Gasteiger partial charge in [-0.25, -0.2) is 14.8 Å². The number of nitrogens with zero attached hydrogens (tertiary/aromatic N) is 4. The maximum absolute atomic E-state index is 13.1. The fourth-order valence-corrected chi connectivity index (χ4v) is 3.85. The van der Waals surface area contributed by atoms with Crippen molar-refractivity contribution >= 4 is 29.6 Å². The van der Waals surface area contributed by atoms with E-state index in [0.717, 1.165) is 0 Å². The van der Waals surface area contributed by atoms with Crippen LogP contribution in [0.3, 0.4) is 0 Å². The Kier molecular flexibility index (Phi) is 5.07. The number of anilines is 3. The molecule has 154 valence electrons. The van der Waals surface area contributed by atoms with E-state index < -0.39 is 11.6 Å². The molecule has 30 heavy (non-hydrogen) atoms. The Morgan fingerprint density at radius 1 is 1.50 bits per heavy atom. The summed E-state index contributed by atoms with van der Waals surface area (Å²) in [5.74, 6) is 0.529. The van der Waals surface area contributed by atoms with E-state index in [1.54, 1.807) is 19.2 Å². The molecule has 3 N–H and O–H groups in total. The van der Waals surface area contributed by atoms with Crippen LogP contribution in [-0.2, 0) is 10.3 Å². The van der Waals surface area contributed by atoms with E-state index >= 15 is 0 Å². The van der Waals surface area contributed by atoms with E-state index in [-0.39, 0.29) is 23.4 Å². The van der Waals surface area contributed by atoms with Crippen molar-refractivity contribution in [2.24, 2.45) is 0 Å². The lowest BCUT2D eigenvalue weighted by Gasteiger charge is -2.54. The van der Waals surface area contributed by atoms with E-state index in [1.807, 2.05) is 6.07 Å². The Labute approximate surface area is 172 Å². The Morgan fingerprint density at radius 3 is 3.00 bits per heavy atom. The molecule has 0 atom stereocenters. The summed E-state index contributed by atoms with van der Waals surface area (Å²) in [4.78, 5) is 34.0. The van der Waals surface area contributed by atoms with Crippen LogP contribution in [0.5, 0.6) is 0 Å². The van der Waals surface area contributed by atoms with Gasteiger partial charge < -0.3 is 15.2 Å². The third-order valence-electron chi connectivity index (χ3n) is 5.36. The molecule has 1 fully saturated rings. The third kappa shape index (κ3) is 3.34. The van der Waals surface area contributed by atoms with Gasteiger partial charge in [-0.2, -0.15) is 5.26 Å². The molecule has 0 saturated heterocycles. The summed E-state index contributed by atoms with van der Waals surface area (Å²) in [6, 6.07) is 6.09. The Bertz CT molecular complexity index is 1040. The van der Waals surface area contributed by atoms with Gasteiger partial charge in [-0.15, -0.1) is 0 Å². The number of methoxy groups -OCH3 is 1. The van der Waals surface area contributed by atoms with Gasteiger partial charge in [-0.1, -0.05) is 6.07 Å². The number of carbonyl (C=O) groups is 2. The molecule has 10 nitrogen and oxygen atoms in total. The van der Waals surface area contributed by atoms with Gasteiger partial charge in [0.25, 0.3) is 0 Å². The van der Waals surface area contributed by atoms with Crippen molar-refractivity contribution in [3.05, 3.63) is 41.2 Å². The highest BCUT2D eigenvalue weighted by molar-refractivity contribution is 6.03. The Balaban J connectivity index is 1.59. The lowest BCUT2D eigenvalue weighted by atomic mass is 9.67. The molecule has 1 saturated carbocycles. The number of rotatable bonds is 6. The molecule has 10 heteroatoms. The molecule has 0 radical (unpaired) electrons. The number of nitriles is 1. The number of pyridine rings is 2. The average Bonchev–Trinajstić information content (AvgIpc) is 2.73. The summed E-state index contributed by atoms with van der Waals surface area (Å²) in [6.07, 6.45) is 2.78. The molecular weight excluding hydrogens is 388 g/mol. The fourth-order valence-electron chi connectivity index (χ4n) is 3.85. The lowest BCUT2D eigenvalue weighted by molar-refractivity contribution is -0.0605. The first-order valence-electron chi connectivity index (χ1n) is 9.41. The summed E-state index contributed by atoms with van der Waals surface area (Å²) in [5.41, 5.74) is 0.557. The highest BCUT2D eigenvalue weighted by Gasteiger charge is 2.55. The van der Waals surface area contributed by atoms with Gasteiger partial charge in [0.1, 0.15) is 23.4 Å². The summed E-state index contributed by atoms with van der Waals surface area (Å²) < 4.78 is 5.00. The molecule has 2 bridgehead atoms. The molecule has 4 heterocycles. The summed E-state index contributed by atoms with van der Waals surface area (Å²) in [7, 11) is 1.58. The zero-order valence-corrected chi connectivity index (χ0v) is 16.3. The standard InChI is InChI=1S/C20H20N6O4/c1-30-5-4-22-16-6-17(23-10-12(16)9-21)25-19(28)26-14-7-20(29,8-14)15-3-2-13(11-27)24-18(15)26/h2-3,6,10-11,14,29H,4-5,7-8H2,1H3,(H2,22,23,25,28). The number of hydrogen-bond acceptors (Lipinski definition) is 8. The van der Waals surface area contributed by atoms with Crippen LogP contribution in [0.1, 0.15) is 34.5 Å². The van der Waals surface area contributed by atoms with Crippen molar-refractivity contribution in [1.29, 1.82) is 5.26 Å². The molecule has 1 aliphatic carbocycles. The van der Waals surface area contributed by atoms with Crippen LogP contribution in [0.25, 0.3) is 0 Å². The van der Waals surface area contributed by atoms with Crippen LogP contribution in [0, 0.1) is 11.3 Å². The molecule has 2 aliphatic heterocycles. The highest BCUT2D eigenvalue weighted by atomic mass is 16.5. The van der Waals surface area contributed by atoms with Crippen LogP contribution in [0.4, 0.5) is 22.1 Å². The second kappa shape index (κ2) is 7.70. The van der Waals surface area contributed by atoms with Crippen molar-refractivity contribution in [3.63, 3.8) is 0 Å². The number of amides is 2. The number of ether oxygens (including phenoxy) is 1. The Hall–Kier alpha value is -3.55. The fraction of sp³-hybridized carbons (Fsp3) is 0.350. The molecule has 0 aromatic carbocycles. The first kappa shape index (κ1) is 19.8. The van der Waals surface area contributed by atoms with Gasteiger partial charge in [-0.3, -0.25) is 15.0 Å². The van der Waals surface area contributed by atoms with Crippen molar-refractivity contribution < 1.29 is 19.4 Å². The van der Waals surface area contributed by atoms with Gasteiger partial charge >= 0.3 is 6.03 Å². The minimum atomic E-state index is -1.02. The van der Waals surface area contributed by atoms with Gasteiger partial charge in [0.05, 0.1) is 23.5 Å². The minimum absolute atomic E-state index is 0.178. The summed E-state index contributed by atoms with van der Waals surface area (Å²) in [5, 5.41) is 25.8. The van der Waals surface area contributed by atoms with E-state index in [1.165, 1.54) is 17.2 Å². The number of carbonyl (C=O) groups excluding carboxylic acids is 2. The normalized spacial score (nSPS) is 21.1. The predicted molar refractivity (Wildman–Crippen MR) is 107 cm³/mol. The number of hydrogen-bond donors (Lipinski definition) is 3. The average molecular weight is 408 g/mol. The maximum atomic E-state index is 13.1. The zero-order valence-electron chi connectivity index (χ0n) is 16.3. The van der Waals surface area contributed by atoms with Crippen molar-refractivity contribution in [3.8, 4) is 6.07 Å². The molecular formula is C20H20N6O4. The maximum Gasteiger partial charge on any atom is 0.328 e. The number of aldehydes is 1. The van der Waals surface area contributed by atoms with Gasteiger partial charge in [-0.05, 0) is 6.07 Å². The molecule has 2 amide bonds. The second-order valence-electron chi connectivity index (χ2n) is 7.27. The second-order valence-corrected chi connectivity index (χ2v) is 7.27. The topological polar surface area (TPSA) is 140 Å². The molecule has 2 aromatic heterocycles. The van der Waals surface area contributed by atoms with Crippen molar-refractivity contribution in [2.75, 3.05) is 35.8 Å². The molecule has 0 unspecified atom stereocenters. The first-order valence-corrected chi connectivity index (χ1v) is 9.41. The molecule has 5 rings (SSSR count). The zero-order chi connectivity index (χ0) is 21.3. The lowest BCUT2D eigenvalue weighted by Crippen LogP contribution is -2.61. The van der Waals surface area contributed by atoms with E-state index in [9.17, 15) is 20.0 Å². The van der Waals surface area contributed by atoms with Crippen LogP contribution in [0.2, 0.25) is 0 Å². The van der Waals surface area contributed by atoms with Crippen LogP contribution in [0.15, 0.2) is 24.4 Å². The van der Waals surface area contributed by atoms with Crippen LogP contribution >= 0.6 is 0 Å². The van der Waals surface area contributed by atoms with Crippen molar-refractivity contribution in [1.82, 2.24) is 9.97 Å². The summed E-state index contributed by atoms with van der Waals surface area (Å²) in [6.45, 7) is 0.940. The monoisotopic (exact) mass is 408 g/mol. The van der Waals surface area contributed by atoms with Crippen LogP contribution < -0.4 is 15.5 Å². The number of aromatic nitrogens is 2. The smallest absolute Gasteiger partial charge is 0.328 e. The van der Waals surface area contributed by atoms with Gasteiger partial charge in [0.15, 0.2) is 6.29 Å². The molecule has 0 spiro atoms. The van der Waals surface area contributed by atoms with Gasteiger partial charge in [0, 0.05) is 50.4 Å². The predicted octanol–water partition coefficient (Wildman–Crippen LogP) is 1.62. The SMILES string of the molecule is COCCNc1cc(NC(=O)N2c3nc(C=O)ccc3C3(O)CC2C3)ncc1C#N. The number of nitrogens with one attached hydrogen (secondary N) is 2. The van der Waals surface area contributed by atoms with Crippen LogP contribution in [-0.4, -0.2) is 53.7 Å². The highest BCUT2D eigenvalue weighted by Crippen LogP contribution is 2.52. The minimum Gasteiger partial charge on any atom is -0.385 e. The number of urea groups is 1. The quantitative estimate of drug-likeness (QED) is 0.484. The number of aliphatic hydroxyl groups is 1.